The lowest BCUT2D eigenvalue weighted by Gasteiger charge is -2.06. The lowest BCUT2D eigenvalue weighted by atomic mass is 10.4. The number of nitrogens with zero attached hydrogens (tertiary/aromatic N) is 2. The summed E-state index contributed by atoms with van der Waals surface area (Å²) in [6.45, 7) is 1.46. The molecule has 18 heavy (non-hydrogen) atoms. The van der Waals surface area contributed by atoms with Gasteiger partial charge in [-0.3, -0.25) is 9.48 Å². The number of rotatable bonds is 7. The molecule has 0 amide bonds. The number of aliphatic carboxylic acids is 1. The molecule has 0 aliphatic heterocycles. The molecule has 9 heteroatoms. The van der Waals surface area contributed by atoms with Crippen molar-refractivity contribution in [1.29, 1.82) is 0 Å². The lowest BCUT2D eigenvalue weighted by Crippen LogP contribution is -2.30. The van der Waals surface area contributed by atoms with Crippen molar-refractivity contribution in [1.82, 2.24) is 14.5 Å². The van der Waals surface area contributed by atoms with Gasteiger partial charge < -0.3 is 10.2 Å². The van der Waals surface area contributed by atoms with Gasteiger partial charge in [0.05, 0.1) is 25.3 Å². The SMILES string of the molecule is C[C@@H](O)CNS(=O)(=O)c1cnn(CCC(=O)O)c1. The van der Waals surface area contributed by atoms with Gasteiger partial charge >= 0.3 is 5.97 Å². The smallest absolute Gasteiger partial charge is 0.305 e. The van der Waals surface area contributed by atoms with Gasteiger partial charge in [-0.15, -0.1) is 0 Å². The monoisotopic (exact) mass is 277 g/mol. The summed E-state index contributed by atoms with van der Waals surface area (Å²) in [7, 11) is -3.71. The Kier molecular flexibility index (Phi) is 4.82. The summed E-state index contributed by atoms with van der Waals surface area (Å²) in [5.74, 6) is -0.984. The third-order valence-corrected chi connectivity index (χ3v) is 3.42. The first kappa shape index (κ1) is 14.6. The van der Waals surface area contributed by atoms with Gasteiger partial charge in [0.1, 0.15) is 4.90 Å². The molecule has 1 atom stereocenters. The number of sulfonamides is 1. The van der Waals surface area contributed by atoms with Crippen LogP contribution in [0.25, 0.3) is 0 Å². The molecule has 0 unspecified atom stereocenters. The summed E-state index contributed by atoms with van der Waals surface area (Å²) >= 11 is 0. The summed E-state index contributed by atoms with van der Waals surface area (Å²) in [5, 5.41) is 21.2. The first-order valence-corrected chi connectivity index (χ1v) is 6.71. The highest BCUT2D eigenvalue weighted by atomic mass is 32.2. The Morgan fingerprint density at radius 3 is 2.83 bits per heavy atom. The predicted molar refractivity (Wildman–Crippen MR) is 61.3 cm³/mol. The van der Waals surface area contributed by atoms with E-state index in [1.54, 1.807) is 0 Å². The van der Waals surface area contributed by atoms with E-state index in [2.05, 4.69) is 9.82 Å². The maximum absolute atomic E-state index is 11.7. The number of aliphatic hydroxyl groups is 1. The van der Waals surface area contributed by atoms with Crippen molar-refractivity contribution in [2.45, 2.75) is 30.9 Å². The Labute approximate surface area is 104 Å². The molecule has 0 aromatic carbocycles. The molecule has 1 aromatic rings. The zero-order valence-electron chi connectivity index (χ0n) is 9.78. The highest BCUT2D eigenvalue weighted by molar-refractivity contribution is 7.89. The van der Waals surface area contributed by atoms with Gasteiger partial charge in [-0.05, 0) is 6.92 Å². The summed E-state index contributed by atoms with van der Waals surface area (Å²) < 4.78 is 26.8. The Hall–Kier alpha value is -1.45. The molecule has 102 valence electrons. The van der Waals surface area contributed by atoms with Crippen LogP contribution in [0, 0.1) is 0 Å². The Morgan fingerprint density at radius 1 is 1.61 bits per heavy atom. The fourth-order valence-corrected chi connectivity index (χ4v) is 2.20. The van der Waals surface area contributed by atoms with Crippen molar-refractivity contribution in [3.8, 4) is 0 Å². The molecule has 0 saturated carbocycles. The van der Waals surface area contributed by atoms with Gasteiger partial charge in [-0.1, -0.05) is 0 Å². The molecule has 0 aliphatic rings. The summed E-state index contributed by atoms with van der Waals surface area (Å²) in [5.41, 5.74) is 0. The Balaban J connectivity index is 2.69. The molecular formula is C9H15N3O5S. The first-order chi connectivity index (χ1) is 8.31. The van der Waals surface area contributed by atoms with E-state index in [-0.39, 0.29) is 24.4 Å². The van der Waals surface area contributed by atoms with E-state index in [4.69, 9.17) is 10.2 Å². The molecule has 0 radical (unpaired) electrons. The molecular weight excluding hydrogens is 262 g/mol. The number of hydrogen-bond acceptors (Lipinski definition) is 5. The van der Waals surface area contributed by atoms with E-state index in [0.29, 0.717) is 0 Å². The van der Waals surface area contributed by atoms with Crippen molar-refractivity contribution >= 4 is 16.0 Å². The number of carboxylic acid groups (broad SMARTS) is 1. The van der Waals surface area contributed by atoms with Crippen molar-refractivity contribution in [3.63, 3.8) is 0 Å². The fraction of sp³-hybridized carbons (Fsp3) is 0.556. The molecule has 1 heterocycles. The average molecular weight is 277 g/mol. The number of aromatic nitrogens is 2. The summed E-state index contributed by atoms with van der Waals surface area (Å²) in [6.07, 6.45) is 1.45. The van der Waals surface area contributed by atoms with E-state index in [0.717, 1.165) is 6.20 Å². The lowest BCUT2D eigenvalue weighted by molar-refractivity contribution is -0.137. The van der Waals surface area contributed by atoms with Crippen LogP contribution in [0.3, 0.4) is 0 Å². The van der Waals surface area contributed by atoms with Crippen molar-refractivity contribution in [2.24, 2.45) is 0 Å². The number of carboxylic acids is 1. The maximum Gasteiger partial charge on any atom is 0.305 e. The van der Waals surface area contributed by atoms with E-state index < -0.39 is 22.1 Å². The molecule has 1 aromatic heterocycles. The molecule has 8 nitrogen and oxygen atoms in total. The van der Waals surface area contributed by atoms with E-state index in [9.17, 15) is 13.2 Å². The normalized spacial score (nSPS) is 13.4. The molecule has 0 spiro atoms. The molecule has 3 N–H and O–H groups in total. The van der Waals surface area contributed by atoms with Crippen LogP contribution in [-0.2, 0) is 21.4 Å². The second-order valence-corrected chi connectivity index (χ2v) is 5.55. The molecule has 0 aliphatic carbocycles. The minimum absolute atomic E-state index is 0.0615. The third kappa shape index (κ3) is 4.43. The van der Waals surface area contributed by atoms with Crippen LogP contribution in [-0.4, -0.2) is 47.0 Å². The predicted octanol–water partition coefficient (Wildman–Crippen LogP) is -0.983. The van der Waals surface area contributed by atoms with Gasteiger partial charge in [0.25, 0.3) is 0 Å². The van der Waals surface area contributed by atoms with Crippen molar-refractivity contribution in [2.75, 3.05) is 6.54 Å². The second-order valence-electron chi connectivity index (χ2n) is 3.78. The average Bonchev–Trinajstić information content (AvgIpc) is 2.73. The summed E-state index contributed by atoms with van der Waals surface area (Å²) in [6, 6.07) is 0. The Morgan fingerprint density at radius 2 is 2.28 bits per heavy atom. The van der Waals surface area contributed by atoms with Crippen LogP contribution in [0.2, 0.25) is 0 Å². The van der Waals surface area contributed by atoms with Gasteiger partial charge in [0, 0.05) is 12.7 Å². The van der Waals surface area contributed by atoms with Crippen LogP contribution in [0.1, 0.15) is 13.3 Å². The molecule has 0 bridgehead atoms. The topological polar surface area (TPSA) is 122 Å². The molecule has 0 fully saturated rings. The fourth-order valence-electron chi connectivity index (χ4n) is 1.13. The third-order valence-electron chi connectivity index (χ3n) is 2.04. The van der Waals surface area contributed by atoms with Crippen molar-refractivity contribution < 1.29 is 23.4 Å². The number of nitrogens with one attached hydrogen (secondary N) is 1. The van der Waals surface area contributed by atoms with Gasteiger partial charge in [-0.2, -0.15) is 5.10 Å². The standard InChI is InChI=1S/C9H15N3O5S/c1-7(13)4-11-18(16,17)8-5-10-12(6-8)3-2-9(14)15/h5-7,11,13H,2-4H2,1H3,(H,14,15)/t7-/m1/s1. The minimum atomic E-state index is -3.71. The van der Waals surface area contributed by atoms with E-state index in [1.807, 2.05) is 0 Å². The summed E-state index contributed by atoms with van der Waals surface area (Å²) in [4.78, 5) is 10.3. The van der Waals surface area contributed by atoms with Crippen LogP contribution in [0.5, 0.6) is 0 Å². The van der Waals surface area contributed by atoms with Gasteiger partial charge in [0.2, 0.25) is 10.0 Å². The number of hydrogen-bond donors (Lipinski definition) is 3. The first-order valence-electron chi connectivity index (χ1n) is 5.23. The highest BCUT2D eigenvalue weighted by Gasteiger charge is 2.16. The second kappa shape index (κ2) is 5.94. The van der Waals surface area contributed by atoms with Crippen molar-refractivity contribution in [3.05, 3.63) is 12.4 Å². The molecule has 1 rings (SSSR count). The number of aliphatic hydroxyl groups excluding tert-OH is 1. The van der Waals surface area contributed by atoms with Gasteiger partial charge in [-0.25, -0.2) is 13.1 Å². The quantitative estimate of drug-likeness (QED) is 0.588. The van der Waals surface area contributed by atoms with Crippen LogP contribution in [0.4, 0.5) is 0 Å². The largest absolute Gasteiger partial charge is 0.481 e. The molecule has 0 saturated heterocycles. The van der Waals surface area contributed by atoms with Crippen LogP contribution < -0.4 is 4.72 Å². The Bertz CT molecular complexity index is 508. The minimum Gasteiger partial charge on any atom is -0.481 e. The van der Waals surface area contributed by atoms with E-state index in [1.165, 1.54) is 17.8 Å². The van der Waals surface area contributed by atoms with Crippen LogP contribution >= 0.6 is 0 Å². The zero-order chi connectivity index (χ0) is 13.8. The van der Waals surface area contributed by atoms with Gasteiger partial charge in [0.15, 0.2) is 0 Å². The highest BCUT2D eigenvalue weighted by Crippen LogP contribution is 2.07. The zero-order valence-corrected chi connectivity index (χ0v) is 10.6. The van der Waals surface area contributed by atoms with Crippen LogP contribution in [0.15, 0.2) is 17.3 Å². The number of carbonyl (C=O) groups is 1. The van der Waals surface area contributed by atoms with E-state index >= 15 is 0 Å². The number of aryl methyl sites for hydroxylation is 1. The maximum atomic E-state index is 11.7.